The van der Waals surface area contributed by atoms with Crippen molar-refractivity contribution in [3.63, 3.8) is 0 Å². The molecule has 0 aliphatic rings. The number of hydrogen-bond acceptors (Lipinski definition) is 0. The molecular formula is C14H8BrF5. The average Bonchev–Trinajstić information content (AvgIpc) is 2.38. The monoisotopic (exact) mass is 350 g/mol. The summed E-state index contributed by atoms with van der Waals surface area (Å²) in [6, 6.07) is 4.72. The number of benzene rings is 2. The fraction of sp³-hybridized carbons (Fsp3) is 0.143. The lowest BCUT2D eigenvalue weighted by Crippen LogP contribution is -2.01. The van der Waals surface area contributed by atoms with Gasteiger partial charge in [0, 0.05) is 10.9 Å². The molecule has 106 valence electrons. The van der Waals surface area contributed by atoms with Gasteiger partial charge in [0.1, 0.15) is 11.6 Å². The van der Waals surface area contributed by atoms with Gasteiger partial charge in [-0.15, -0.1) is 0 Å². The van der Waals surface area contributed by atoms with Crippen molar-refractivity contribution in [2.75, 3.05) is 0 Å². The molecule has 0 saturated heterocycles. The third kappa shape index (κ3) is 3.17. The summed E-state index contributed by atoms with van der Waals surface area (Å²) in [7, 11) is 0. The second-order valence-electron chi connectivity index (χ2n) is 4.21. The average molecular weight is 351 g/mol. The lowest BCUT2D eigenvalue weighted by molar-refractivity contribution is 0.445. The van der Waals surface area contributed by atoms with Crippen LogP contribution in [-0.2, 0) is 6.42 Å². The molecular weight excluding hydrogens is 343 g/mol. The molecule has 2 rings (SSSR count). The second-order valence-corrected chi connectivity index (χ2v) is 5.31. The van der Waals surface area contributed by atoms with Crippen molar-refractivity contribution in [1.29, 1.82) is 0 Å². The van der Waals surface area contributed by atoms with E-state index in [1.54, 1.807) is 0 Å². The summed E-state index contributed by atoms with van der Waals surface area (Å²) in [6.45, 7) is 0. The highest BCUT2D eigenvalue weighted by atomic mass is 79.9. The Morgan fingerprint density at radius 2 is 1.45 bits per heavy atom. The van der Waals surface area contributed by atoms with Gasteiger partial charge >= 0.3 is 0 Å². The van der Waals surface area contributed by atoms with Crippen molar-refractivity contribution >= 4 is 15.9 Å². The van der Waals surface area contributed by atoms with Crippen LogP contribution in [0.3, 0.4) is 0 Å². The molecule has 6 heteroatoms. The standard InChI is InChI=1S/C14H8BrF5/c15-10(3-7-1-2-9(16)6-11(7)17)8-4-12(18)14(20)13(19)5-8/h1-2,4-6,10H,3H2. The van der Waals surface area contributed by atoms with E-state index in [1.807, 2.05) is 0 Å². The first-order valence-corrected chi connectivity index (χ1v) is 6.52. The normalized spacial score (nSPS) is 12.5. The topological polar surface area (TPSA) is 0 Å². The molecule has 1 atom stereocenters. The fourth-order valence-electron chi connectivity index (χ4n) is 1.75. The number of hydrogen-bond donors (Lipinski definition) is 0. The molecule has 0 radical (unpaired) electrons. The van der Waals surface area contributed by atoms with Gasteiger partial charge in [0.2, 0.25) is 0 Å². The van der Waals surface area contributed by atoms with Crippen LogP contribution in [0.1, 0.15) is 16.0 Å². The Morgan fingerprint density at radius 1 is 0.850 bits per heavy atom. The van der Waals surface area contributed by atoms with E-state index in [0.29, 0.717) is 0 Å². The number of rotatable bonds is 3. The van der Waals surface area contributed by atoms with Gasteiger partial charge in [0.05, 0.1) is 0 Å². The van der Waals surface area contributed by atoms with Crippen molar-refractivity contribution in [3.05, 3.63) is 70.5 Å². The molecule has 0 N–H and O–H groups in total. The van der Waals surface area contributed by atoms with Crippen molar-refractivity contribution < 1.29 is 22.0 Å². The molecule has 20 heavy (non-hydrogen) atoms. The molecule has 0 amide bonds. The summed E-state index contributed by atoms with van der Waals surface area (Å²) in [4.78, 5) is -0.632. The highest BCUT2D eigenvalue weighted by Crippen LogP contribution is 2.30. The van der Waals surface area contributed by atoms with E-state index in [-0.39, 0.29) is 17.5 Å². The molecule has 0 aromatic heterocycles. The van der Waals surface area contributed by atoms with Crippen LogP contribution in [0, 0.1) is 29.1 Å². The molecule has 0 aliphatic heterocycles. The SMILES string of the molecule is Fc1ccc(CC(Br)c2cc(F)c(F)c(F)c2)c(F)c1. The smallest absolute Gasteiger partial charge is 0.194 e. The first-order chi connectivity index (χ1) is 9.38. The summed E-state index contributed by atoms with van der Waals surface area (Å²) in [6.07, 6.45) is 0.0383. The molecule has 2 aromatic carbocycles. The van der Waals surface area contributed by atoms with E-state index in [1.165, 1.54) is 6.07 Å². The quantitative estimate of drug-likeness (QED) is 0.412. The minimum Gasteiger partial charge on any atom is -0.207 e. The molecule has 0 heterocycles. The summed E-state index contributed by atoms with van der Waals surface area (Å²) in [5, 5.41) is 0. The third-order valence-corrected chi connectivity index (χ3v) is 3.63. The van der Waals surface area contributed by atoms with Crippen LogP contribution in [0.25, 0.3) is 0 Å². The summed E-state index contributed by atoms with van der Waals surface area (Å²) in [5.41, 5.74) is 0.309. The van der Waals surface area contributed by atoms with Gasteiger partial charge in [-0.05, 0) is 35.7 Å². The maximum atomic E-state index is 13.5. The maximum Gasteiger partial charge on any atom is 0.194 e. The van der Waals surface area contributed by atoms with Crippen LogP contribution < -0.4 is 0 Å². The van der Waals surface area contributed by atoms with Crippen LogP contribution in [-0.4, -0.2) is 0 Å². The molecule has 2 aromatic rings. The Balaban J connectivity index is 2.26. The largest absolute Gasteiger partial charge is 0.207 e. The molecule has 1 unspecified atom stereocenters. The molecule has 0 spiro atoms. The highest BCUT2D eigenvalue weighted by Gasteiger charge is 2.17. The predicted octanol–water partition coefficient (Wildman–Crippen LogP) is 5.06. The van der Waals surface area contributed by atoms with Crippen LogP contribution in [0.15, 0.2) is 30.3 Å². The van der Waals surface area contributed by atoms with Crippen LogP contribution in [0.4, 0.5) is 22.0 Å². The molecule has 0 saturated carbocycles. The molecule has 0 fully saturated rings. The Morgan fingerprint density at radius 3 is 2.00 bits per heavy atom. The fourth-order valence-corrected chi connectivity index (χ4v) is 2.37. The Labute approximate surface area is 120 Å². The first kappa shape index (κ1) is 15.0. The summed E-state index contributed by atoms with van der Waals surface area (Å²) in [5.74, 6) is -5.65. The van der Waals surface area contributed by atoms with E-state index in [9.17, 15) is 22.0 Å². The molecule has 0 bridgehead atoms. The van der Waals surface area contributed by atoms with Crippen LogP contribution in [0.2, 0.25) is 0 Å². The molecule has 0 nitrogen and oxygen atoms in total. The lowest BCUT2D eigenvalue weighted by atomic mass is 10.0. The Bertz CT molecular complexity index is 618. The van der Waals surface area contributed by atoms with Crippen LogP contribution >= 0.6 is 15.9 Å². The van der Waals surface area contributed by atoms with Gasteiger partial charge in [0.15, 0.2) is 17.5 Å². The van der Waals surface area contributed by atoms with Gasteiger partial charge in [-0.1, -0.05) is 22.0 Å². The highest BCUT2D eigenvalue weighted by molar-refractivity contribution is 9.09. The van der Waals surface area contributed by atoms with Gasteiger partial charge in [-0.2, -0.15) is 0 Å². The van der Waals surface area contributed by atoms with Crippen molar-refractivity contribution in [2.24, 2.45) is 0 Å². The zero-order valence-electron chi connectivity index (χ0n) is 9.94. The number of alkyl halides is 1. The summed E-state index contributed by atoms with van der Waals surface area (Å²) < 4.78 is 65.3. The van der Waals surface area contributed by atoms with Gasteiger partial charge in [-0.3, -0.25) is 0 Å². The predicted molar refractivity (Wildman–Crippen MR) is 68.0 cm³/mol. The number of halogens is 6. The Kier molecular flexibility index (Phi) is 4.42. The maximum absolute atomic E-state index is 13.5. The van der Waals surface area contributed by atoms with E-state index in [2.05, 4.69) is 15.9 Å². The summed E-state index contributed by atoms with van der Waals surface area (Å²) >= 11 is 3.15. The van der Waals surface area contributed by atoms with Crippen molar-refractivity contribution in [3.8, 4) is 0 Å². The minimum absolute atomic E-state index is 0.0383. The Hall–Kier alpha value is -1.43. The second kappa shape index (κ2) is 5.91. The van der Waals surface area contributed by atoms with E-state index < -0.39 is 33.9 Å². The van der Waals surface area contributed by atoms with Crippen molar-refractivity contribution in [1.82, 2.24) is 0 Å². The minimum atomic E-state index is -1.55. The van der Waals surface area contributed by atoms with Crippen LogP contribution in [0.5, 0.6) is 0 Å². The van der Waals surface area contributed by atoms with Gasteiger partial charge < -0.3 is 0 Å². The van der Waals surface area contributed by atoms with E-state index >= 15 is 0 Å². The third-order valence-electron chi connectivity index (χ3n) is 2.78. The molecule has 0 aliphatic carbocycles. The van der Waals surface area contributed by atoms with Crippen molar-refractivity contribution in [2.45, 2.75) is 11.2 Å². The van der Waals surface area contributed by atoms with E-state index in [4.69, 9.17) is 0 Å². The first-order valence-electron chi connectivity index (χ1n) is 5.61. The lowest BCUT2D eigenvalue weighted by Gasteiger charge is -2.12. The zero-order valence-corrected chi connectivity index (χ0v) is 11.5. The zero-order chi connectivity index (χ0) is 14.9. The van der Waals surface area contributed by atoms with Gasteiger partial charge in [-0.25, -0.2) is 22.0 Å². The van der Waals surface area contributed by atoms with E-state index in [0.717, 1.165) is 24.3 Å². The van der Waals surface area contributed by atoms with Gasteiger partial charge in [0.25, 0.3) is 0 Å².